The van der Waals surface area contributed by atoms with Gasteiger partial charge in [-0.2, -0.15) is 0 Å². The summed E-state index contributed by atoms with van der Waals surface area (Å²) < 4.78 is 4.91. The summed E-state index contributed by atoms with van der Waals surface area (Å²) in [6.07, 6.45) is 1.16. The molecule has 0 aliphatic rings. The molecule has 0 amide bonds. The van der Waals surface area contributed by atoms with Crippen LogP contribution in [0.3, 0.4) is 0 Å². The van der Waals surface area contributed by atoms with Crippen molar-refractivity contribution in [2.45, 2.75) is 19.8 Å². The lowest BCUT2D eigenvalue weighted by Crippen LogP contribution is -2.05. The molecule has 0 saturated carbocycles. The van der Waals surface area contributed by atoms with Crippen molar-refractivity contribution in [2.24, 2.45) is 0 Å². The van der Waals surface area contributed by atoms with Gasteiger partial charge < -0.3 is 4.74 Å². The van der Waals surface area contributed by atoms with E-state index in [0.717, 1.165) is 23.1 Å². The van der Waals surface area contributed by atoms with Gasteiger partial charge in [0.05, 0.1) is 6.61 Å². The number of esters is 1. The van der Waals surface area contributed by atoms with Crippen molar-refractivity contribution < 1.29 is 9.53 Å². The Balaban J connectivity index is 1.97. The van der Waals surface area contributed by atoms with Gasteiger partial charge in [-0.1, -0.05) is 42.5 Å². The van der Waals surface area contributed by atoms with Crippen molar-refractivity contribution >= 4 is 5.97 Å². The van der Waals surface area contributed by atoms with Gasteiger partial charge in [-0.3, -0.25) is 4.79 Å². The number of carbonyl (C=O) groups is 1. The van der Waals surface area contributed by atoms with E-state index in [2.05, 4.69) is 36.4 Å². The van der Waals surface area contributed by atoms with Crippen LogP contribution in [0.4, 0.5) is 0 Å². The fraction of sp³-hybridized carbons (Fsp3) is 0.235. The minimum atomic E-state index is -0.135. The second-order valence-corrected chi connectivity index (χ2v) is 4.29. The zero-order valence-electron chi connectivity index (χ0n) is 11.1. The summed E-state index contributed by atoms with van der Waals surface area (Å²) in [6, 6.07) is 19.2. The maximum Gasteiger partial charge on any atom is 0.306 e. The Labute approximate surface area is 114 Å². The third-order valence-corrected chi connectivity index (χ3v) is 2.92. The molecule has 97 valence electrons. The molecular formula is C17H17O2. The van der Waals surface area contributed by atoms with Gasteiger partial charge in [-0.25, -0.2) is 0 Å². The Morgan fingerprint density at radius 1 is 1.16 bits per heavy atom. The van der Waals surface area contributed by atoms with Crippen molar-refractivity contribution in [3.05, 3.63) is 60.2 Å². The van der Waals surface area contributed by atoms with Crippen molar-refractivity contribution in [1.29, 1.82) is 0 Å². The van der Waals surface area contributed by atoms with Crippen LogP contribution in [0.15, 0.2) is 48.5 Å². The maximum absolute atomic E-state index is 11.3. The summed E-state index contributed by atoms with van der Waals surface area (Å²) in [4.78, 5) is 11.3. The lowest BCUT2D eigenvalue weighted by atomic mass is 10.0. The molecule has 0 fully saturated rings. The fourth-order valence-corrected chi connectivity index (χ4v) is 1.92. The molecule has 19 heavy (non-hydrogen) atoms. The van der Waals surface area contributed by atoms with Gasteiger partial charge in [0.25, 0.3) is 0 Å². The van der Waals surface area contributed by atoms with Crippen LogP contribution in [0.2, 0.25) is 0 Å². The summed E-state index contributed by atoms with van der Waals surface area (Å²) in [6.45, 7) is 2.27. The van der Waals surface area contributed by atoms with Crippen LogP contribution in [0, 0.1) is 6.07 Å². The van der Waals surface area contributed by atoms with E-state index in [1.165, 1.54) is 0 Å². The highest BCUT2D eigenvalue weighted by Crippen LogP contribution is 2.19. The topological polar surface area (TPSA) is 26.3 Å². The summed E-state index contributed by atoms with van der Waals surface area (Å²) >= 11 is 0. The Morgan fingerprint density at radius 3 is 2.58 bits per heavy atom. The number of ether oxygens (including phenoxy) is 1. The molecule has 2 nitrogen and oxygen atoms in total. The van der Waals surface area contributed by atoms with E-state index in [0.29, 0.717) is 13.0 Å². The summed E-state index contributed by atoms with van der Waals surface area (Å²) in [5.41, 5.74) is 3.47. The second-order valence-electron chi connectivity index (χ2n) is 4.29. The first-order valence-electron chi connectivity index (χ1n) is 6.50. The van der Waals surface area contributed by atoms with Gasteiger partial charge in [0.2, 0.25) is 0 Å². The first-order valence-corrected chi connectivity index (χ1v) is 6.50. The van der Waals surface area contributed by atoms with E-state index in [1.807, 2.05) is 25.1 Å². The van der Waals surface area contributed by atoms with Crippen molar-refractivity contribution in [2.75, 3.05) is 6.61 Å². The van der Waals surface area contributed by atoms with Gasteiger partial charge in [-0.15, -0.1) is 0 Å². The minimum absolute atomic E-state index is 0.135. The first kappa shape index (κ1) is 13.3. The summed E-state index contributed by atoms with van der Waals surface area (Å²) in [7, 11) is 0. The average molecular weight is 253 g/mol. The molecule has 1 radical (unpaired) electrons. The molecule has 0 aromatic heterocycles. The molecule has 0 aliphatic carbocycles. The number of rotatable bonds is 5. The molecule has 2 rings (SSSR count). The highest BCUT2D eigenvalue weighted by atomic mass is 16.5. The molecule has 2 heteroatoms. The molecule has 0 atom stereocenters. The zero-order chi connectivity index (χ0) is 13.5. The summed E-state index contributed by atoms with van der Waals surface area (Å²) in [5, 5.41) is 0. The van der Waals surface area contributed by atoms with E-state index >= 15 is 0 Å². The van der Waals surface area contributed by atoms with Gasteiger partial charge in [-0.05, 0) is 42.2 Å². The second kappa shape index (κ2) is 6.74. The van der Waals surface area contributed by atoms with Crippen molar-refractivity contribution in [1.82, 2.24) is 0 Å². The standard InChI is InChI=1S/C17H17O2/c1-2-19-17(18)13-10-14-8-11-16(12-9-14)15-6-4-3-5-7-15/h3-4,6-9,11-12H,2,10,13H2,1H3. The van der Waals surface area contributed by atoms with E-state index < -0.39 is 0 Å². The Hall–Kier alpha value is -2.09. The molecule has 0 heterocycles. The third-order valence-electron chi connectivity index (χ3n) is 2.92. The zero-order valence-corrected chi connectivity index (χ0v) is 11.1. The number of aryl methyl sites for hydroxylation is 1. The molecule has 0 bridgehead atoms. The van der Waals surface area contributed by atoms with Crippen LogP contribution < -0.4 is 0 Å². The van der Waals surface area contributed by atoms with Crippen molar-refractivity contribution in [3.63, 3.8) is 0 Å². The van der Waals surface area contributed by atoms with Crippen molar-refractivity contribution in [3.8, 4) is 11.1 Å². The van der Waals surface area contributed by atoms with Crippen LogP contribution in [-0.2, 0) is 16.0 Å². The van der Waals surface area contributed by atoms with Gasteiger partial charge in [0.1, 0.15) is 0 Å². The lowest BCUT2D eigenvalue weighted by Gasteiger charge is -2.04. The number of benzene rings is 2. The predicted octanol–water partition coefficient (Wildman–Crippen LogP) is 3.65. The SMILES string of the molecule is CCOC(=O)CCc1ccc(-c2c[c]ccc2)cc1. The highest BCUT2D eigenvalue weighted by Gasteiger charge is 2.03. The quantitative estimate of drug-likeness (QED) is 0.760. The Kier molecular flexibility index (Phi) is 4.73. The number of carbonyl (C=O) groups excluding carboxylic acids is 1. The molecule has 0 spiro atoms. The molecule has 2 aromatic rings. The molecule has 0 unspecified atom stereocenters. The van der Waals surface area contributed by atoms with Crippen LogP contribution in [0.1, 0.15) is 18.9 Å². The largest absolute Gasteiger partial charge is 0.466 e. The van der Waals surface area contributed by atoms with E-state index in [-0.39, 0.29) is 5.97 Å². The van der Waals surface area contributed by atoms with E-state index in [1.54, 1.807) is 0 Å². The van der Waals surface area contributed by atoms with Gasteiger partial charge in [0.15, 0.2) is 0 Å². The predicted molar refractivity (Wildman–Crippen MR) is 75.7 cm³/mol. The van der Waals surface area contributed by atoms with E-state index in [4.69, 9.17) is 4.74 Å². The van der Waals surface area contributed by atoms with Crippen LogP contribution >= 0.6 is 0 Å². The number of hydrogen-bond donors (Lipinski definition) is 0. The van der Waals surface area contributed by atoms with Crippen LogP contribution in [0.25, 0.3) is 11.1 Å². The normalized spacial score (nSPS) is 10.2. The smallest absolute Gasteiger partial charge is 0.306 e. The van der Waals surface area contributed by atoms with Crippen LogP contribution in [-0.4, -0.2) is 12.6 Å². The van der Waals surface area contributed by atoms with Gasteiger partial charge in [0, 0.05) is 6.42 Å². The summed E-state index contributed by atoms with van der Waals surface area (Å²) in [5.74, 6) is -0.135. The minimum Gasteiger partial charge on any atom is -0.466 e. The molecule has 2 aromatic carbocycles. The molecule has 0 N–H and O–H groups in total. The Morgan fingerprint density at radius 2 is 1.95 bits per heavy atom. The number of hydrogen-bond acceptors (Lipinski definition) is 2. The first-order chi connectivity index (χ1) is 9.29. The molecular weight excluding hydrogens is 236 g/mol. The highest BCUT2D eigenvalue weighted by molar-refractivity contribution is 5.69. The fourth-order valence-electron chi connectivity index (χ4n) is 1.92. The van der Waals surface area contributed by atoms with E-state index in [9.17, 15) is 4.79 Å². The maximum atomic E-state index is 11.3. The Bertz CT molecular complexity index is 515. The van der Waals surface area contributed by atoms with Gasteiger partial charge >= 0.3 is 5.97 Å². The lowest BCUT2D eigenvalue weighted by molar-refractivity contribution is -0.143. The third kappa shape index (κ3) is 3.95. The monoisotopic (exact) mass is 253 g/mol. The average Bonchev–Trinajstić information content (AvgIpc) is 2.47. The molecule has 0 aliphatic heterocycles. The molecule has 0 saturated heterocycles. The van der Waals surface area contributed by atoms with Crippen LogP contribution in [0.5, 0.6) is 0 Å².